The van der Waals surface area contributed by atoms with Crippen molar-refractivity contribution in [1.82, 2.24) is 10.2 Å². The number of nitrogens with one attached hydrogen (secondary N) is 2. The molecule has 3 aliphatic carbocycles. The Morgan fingerprint density at radius 3 is 2.13 bits per heavy atom. The molecule has 0 aliphatic heterocycles. The van der Waals surface area contributed by atoms with Crippen LogP contribution in [0.4, 0.5) is 11.4 Å². The number of ketones is 2. The minimum atomic E-state index is -2.73. The number of nitrogens with two attached hydrogens (primary N) is 1. The zero-order valence-corrected chi connectivity index (χ0v) is 27.2. The van der Waals surface area contributed by atoms with Gasteiger partial charge >= 0.3 is 0 Å². The summed E-state index contributed by atoms with van der Waals surface area (Å²) in [5.41, 5.74) is 1.96. The summed E-state index contributed by atoms with van der Waals surface area (Å²) in [7, 11) is 6.62. The number of aliphatic carboxylic acids is 1. The van der Waals surface area contributed by atoms with Crippen LogP contribution in [0.3, 0.4) is 0 Å². The number of carboxylic acid groups (broad SMARTS) is 1. The SMILES string of the molecule is CC(=O)O.CN(C)c1cc(NC(=O)CNC(C)(C)C)c(O)c2c1C[C@H]1C[C@H]3[C@H](N(C)C)C(O)=C(C(N)=O)C(=O)[C@@]3(O)C(O)=C1C2=O. The lowest BCUT2D eigenvalue weighted by atomic mass is 9.58. The second kappa shape index (κ2) is 12.7. The number of phenols is 1. The summed E-state index contributed by atoms with van der Waals surface area (Å²) in [4.78, 5) is 64.6. The van der Waals surface area contributed by atoms with E-state index in [-0.39, 0.29) is 41.7 Å². The van der Waals surface area contributed by atoms with E-state index in [0.717, 1.165) is 6.92 Å². The first-order valence-corrected chi connectivity index (χ1v) is 14.5. The van der Waals surface area contributed by atoms with Gasteiger partial charge in [0.25, 0.3) is 11.9 Å². The minimum Gasteiger partial charge on any atom is -0.510 e. The van der Waals surface area contributed by atoms with Gasteiger partial charge in [0.15, 0.2) is 17.1 Å². The summed E-state index contributed by atoms with van der Waals surface area (Å²) < 4.78 is 0. The predicted molar refractivity (Wildman–Crippen MR) is 168 cm³/mol. The van der Waals surface area contributed by atoms with Crippen LogP contribution in [0, 0.1) is 11.8 Å². The van der Waals surface area contributed by atoms with Crippen LogP contribution in [0.15, 0.2) is 28.7 Å². The standard InChI is InChI=1S/C29H39N5O8.C2H4O2/c1-28(2,3)31-11-17(35)32-15-10-16(33(4)5)13-8-12-9-14-21(34(6)7)24(38)20(27(30)41)26(40)29(14,42)25(39)18(12)23(37)19(13)22(15)36;1-2(3)4/h10,12,14,21,31,36,38-39,42H,8-9,11H2,1-7H3,(H2,30,41)(H,32,35);1H3,(H,3,4)/t12-,14-,21-,29-;/m0./s1. The highest BCUT2D eigenvalue weighted by molar-refractivity contribution is 6.25. The molecule has 252 valence electrons. The number of benzene rings is 1. The number of phenolic OH excluding ortho intramolecular Hbond substituents is 1. The lowest BCUT2D eigenvalue weighted by Crippen LogP contribution is -2.63. The van der Waals surface area contributed by atoms with Gasteiger partial charge in [-0.05, 0) is 65.3 Å². The Hall–Kier alpha value is -4.47. The number of amides is 2. The molecule has 0 aromatic heterocycles. The van der Waals surface area contributed by atoms with Crippen molar-refractivity contribution in [1.29, 1.82) is 0 Å². The van der Waals surface area contributed by atoms with E-state index in [2.05, 4.69) is 10.6 Å². The number of hydrogen-bond donors (Lipinski definition) is 8. The minimum absolute atomic E-state index is 0.0175. The topological polar surface area (TPSA) is 243 Å². The number of Topliss-reactive ketones (excluding diaryl/α,β-unsaturated/α-hetero) is 2. The van der Waals surface area contributed by atoms with E-state index in [9.17, 15) is 39.6 Å². The maximum atomic E-state index is 14.1. The molecule has 0 saturated heterocycles. The summed E-state index contributed by atoms with van der Waals surface area (Å²) in [6.45, 7) is 6.69. The van der Waals surface area contributed by atoms with Gasteiger partial charge in [-0.15, -0.1) is 0 Å². The number of carboxylic acids is 1. The number of rotatable bonds is 6. The fourth-order valence-electron chi connectivity index (χ4n) is 6.33. The van der Waals surface area contributed by atoms with Crippen molar-refractivity contribution in [2.45, 2.75) is 57.7 Å². The van der Waals surface area contributed by atoms with Crippen LogP contribution >= 0.6 is 0 Å². The number of carbonyl (C=O) groups is 5. The van der Waals surface area contributed by atoms with E-state index in [0.29, 0.717) is 11.3 Å². The maximum Gasteiger partial charge on any atom is 0.300 e. The number of aliphatic hydroxyl groups is 3. The first kappa shape index (κ1) is 36.0. The van der Waals surface area contributed by atoms with Gasteiger partial charge in [0.05, 0.1) is 23.8 Å². The number of carbonyl (C=O) groups excluding carboxylic acids is 4. The third-order valence-electron chi connectivity index (χ3n) is 8.23. The van der Waals surface area contributed by atoms with Gasteiger partial charge in [-0.3, -0.25) is 28.9 Å². The molecule has 1 aromatic rings. The molecule has 4 rings (SSSR count). The van der Waals surface area contributed by atoms with Crippen molar-refractivity contribution < 1.29 is 49.5 Å². The van der Waals surface area contributed by atoms with Crippen molar-refractivity contribution in [2.24, 2.45) is 17.6 Å². The Balaban J connectivity index is 0.00000136. The molecule has 0 saturated carbocycles. The van der Waals surface area contributed by atoms with Crippen LogP contribution in [-0.4, -0.2) is 112 Å². The van der Waals surface area contributed by atoms with Gasteiger partial charge < -0.3 is 46.8 Å². The Morgan fingerprint density at radius 1 is 1.09 bits per heavy atom. The highest BCUT2D eigenvalue weighted by atomic mass is 16.4. The average Bonchev–Trinajstić information content (AvgIpc) is 2.89. The van der Waals surface area contributed by atoms with Crippen LogP contribution in [0.2, 0.25) is 0 Å². The highest BCUT2D eigenvalue weighted by Crippen LogP contribution is 2.53. The fraction of sp³-hybridized carbons (Fsp3) is 0.516. The van der Waals surface area contributed by atoms with Crippen molar-refractivity contribution in [3.63, 3.8) is 0 Å². The smallest absolute Gasteiger partial charge is 0.300 e. The molecule has 0 unspecified atom stereocenters. The van der Waals surface area contributed by atoms with E-state index in [4.69, 9.17) is 15.6 Å². The molecule has 0 heterocycles. The number of anilines is 2. The number of primary amides is 1. The first-order chi connectivity index (χ1) is 21.1. The van der Waals surface area contributed by atoms with E-state index in [1.165, 1.54) is 4.90 Å². The van der Waals surface area contributed by atoms with Crippen LogP contribution in [0.5, 0.6) is 5.75 Å². The zero-order valence-electron chi connectivity index (χ0n) is 27.2. The molecule has 1 aromatic carbocycles. The fourth-order valence-corrected chi connectivity index (χ4v) is 6.33. The molecule has 15 nitrogen and oxygen atoms in total. The summed E-state index contributed by atoms with van der Waals surface area (Å²) in [6, 6.07) is 0.487. The Bertz CT molecular complexity index is 1550. The van der Waals surface area contributed by atoms with E-state index in [1.807, 2.05) is 20.8 Å². The summed E-state index contributed by atoms with van der Waals surface area (Å²) >= 11 is 0. The third-order valence-corrected chi connectivity index (χ3v) is 8.23. The largest absolute Gasteiger partial charge is 0.510 e. The molecule has 2 amide bonds. The number of nitrogens with zero attached hydrogens (tertiary/aromatic N) is 2. The Kier molecular flexibility index (Phi) is 9.96. The quantitative estimate of drug-likeness (QED) is 0.156. The van der Waals surface area contributed by atoms with Crippen LogP contribution in [0.1, 0.15) is 50.0 Å². The van der Waals surface area contributed by atoms with E-state index < -0.39 is 75.7 Å². The number of hydrogen-bond acceptors (Lipinski definition) is 12. The number of fused-ring (bicyclic) bond motifs is 3. The van der Waals surface area contributed by atoms with Gasteiger partial charge in [-0.2, -0.15) is 0 Å². The first-order valence-electron chi connectivity index (χ1n) is 14.5. The van der Waals surface area contributed by atoms with Crippen molar-refractivity contribution in [2.75, 3.05) is 45.0 Å². The monoisotopic (exact) mass is 645 g/mol. The number of aromatic hydroxyl groups is 1. The van der Waals surface area contributed by atoms with Crippen LogP contribution in [-0.2, 0) is 25.6 Å². The molecule has 0 radical (unpaired) electrons. The molecular weight excluding hydrogens is 602 g/mol. The van der Waals surface area contributed by atoms with E-state index >= 15 is 0 Å². The van der Waals surface area contributed by atoms with Gasteiger partial charge in [0, 0.05) is 43.7 Å². The molecule has 0 bridgehead atoms. The molecular formula is C31H43N5O10. The third kappa shape index (κ3) is 6.43. The number of allylic oxidation sites excluding steroid dienone is 1. The summed E-state index contributed by atoms with van der Waals surface area (Å²) in [5.74, 6) is -8.63. The molecule has 9 N–H and O–H groups in total. The van der Waals surface area contributed by atoms with Gasteiger partial charge in [0.1, 0.15) is 17.1 Å². The van der Waals surface area contributed by atoms with Gasteiger partial charge in [-0.25, -0.2) is 0 Å². The molecule has 3 aliphatic rings. The van der Waals surface area contributed by atoms with Gasteiger partial charge in [0.2, 0.25) is 11.7 Å². The lowest BCUT2D eigenvalue weighted by Gasteiger charge is -2.50. The van der Waals surface area contributed by atoms with Crippen molar-refractivity contribution >= 4 is 40.7 Å². The molecule has 15 heteroatoms. The normalized spacial score (nSPS) is 24.0. The van der Waals surface area contributed by atoms with E-state index in [1.54, 1.807) is 39.2 Å². The van der Waals surface area contributed by atoms with Crippen LogP contribution < -0.4 is 21.3 Å². The molecule has 4 atom stereocenters. The second-order valence-electron chi connectivity index (χ2n) is 13.2. The zero-order chi connectivity index (χ0) is 35.2. The molecule has 0 spiro atoms. The Labute approximate surface area is 266 Å². The molecule has 46 heavy (non-hydrogen) atoms. The lowest BCUT2D eigenvalue weighted by molar-refractivity contribution is -0.148. The summed E-state index contributed by atoms with van der Waals surface area (Å²) in [5, 5.41) is 58.5. The molecule has 0 fully saturated rings. The van der Waals surface area contributed by atoms with Crippen molar-refractivity contribution in [3.05, 3.63) is 39.9 Å². The van der Waals surface area contributed by atoms with Crippen LogP contribution in [0.25, 0.3) is 0 Å². The van der Waals surface area contributed by atoms with Crippen molar-refractivity contribution in [3.8, 4) is 5.75 Å². The number of likely N-dealkylation sites (N-methyl/N-ethyl adjacent to an activating group) is 1. The summed E-state index contributed by atoms with van der Waals surface area (Å²) in [6.07, 6.45) is 0.117. The maximum absolute atomic E-state index is 14.1. The second-order valence-corrected chi connectivity index (χ2v) is 13.2. The average molecular weight is 646 g/mol. The highest BCUT2D eigenvalue weighted by Gasteiger charge is 2.63. The predicted octanol–water partition coefficient (Wildman–Crippen LogP) is 0.604. The Morgan fingerprint density at radius 2 is 1.65 bits per heavy atom. The van der Waals surface area contributed by atoms with Gasteiger partial charge in [-0.1, -0.05) is 0 Å². The number of aliphatic hydroxyl groups excluding tert-OH is 2.